The van der Waals surface area contributed by atoms with Gasteiger partial charge < -0.3 is 10.1 Å². The minimum Gasteiger partial charge on any atom is -0.497 e. The molecule has 1 aromatic rings. The molecule has 1 heterocycles. The first-order valence-corrected chi connectivity index (χ1v) is 7.15. The smallest absolute Gasteiger partial charge is 0.389 e. The lowest BCUT2D eigenvalue weighted by Crippen LogP contribution is -2.45. The van der Waals surface area contributed by atoms with Gasteiger partial charge in [0.15, 0.2) is 0 Å². The van der Waals surface area contributed by atoms with Gasteiger partial charge >= 0.3 is 6.18 Å². The van der Waals surface area contributed by atoms with E-state index in [-0.39, 0.29) is 24.9 Å². The Hall–Kier alpha value is -0.980. The second-order valence-electron chi connectivity index (χ2n) is 5.23. The first-order valence-electron chi connectivity index (χ1n) is 7.15. The fourth-order valence-electron chi connectivity index (χ4n) is 2.70. The Morgan fingerprint density at radius 2 is 1.95 bits per heavy atom. The highest BCUT2D eigenvalue weighted by atomic mass is 35.5. The van der Waals surface area contributed by atoms with Crippen molar-refractivity contribution in [3.8, 4) is 5.75 Å². The Morgan fingerprint density at radius 3 is 2.55 bits per heavy atom. The van der Waals surface area contributed by atoms with Crippen molar-refractivity contribution < 1.29 is 17.9 Å². The van der Waals surface area contributed by atoms with Gasteiger partial charge in [-0.25, -0.2) is 0 Å². The Labute approximate surface area is 135 Å². The molecule has 1 N–H and O–H groups in total. The van der Waals surface area contributed by atoms with E-state index in [1.54, 1.807) is 7.11 Å². The zero-order chi connectivity index (χ0) is 15.3. The van der Waals surface area contributed by atoms with Crippen LogP contribution in [0.2, 0.25) is 0 Å². The maximum absolute atomic E-state index is 12.6. The van der Waals surface area contributed by atoms with Gasteiger partial charge in [-0.05, 0) is 24.1 Å². The Balaban J connectivity index is 0.00000242. The van der Waals surface area contributed by atoms with Gasteiger partial charge in [0.2, 0.25) is 0 Å². The van der Waals surface area contributed by atoms with Crippen LogP contribution in [0.25, 0.3) is 0 Å². The Kier molecular flexibility index (Phi) is 7.45. The Bertz CT molecular complexity index is 451. The summed E-state index contributed by atoms with van der Waals surface area (Å²) >= 11 is 0. The number of piperazine rings is 1. The van der Waals surface area contributed by atoms with Crippen LogP contribution in [0, 0.1) is 0 Å². The molecule has 0 amide bonds. The van der Waals surface area contributed by atoms with Crippen LogP contribution in [-0.2, 0) is 0 Å². The summed E-state index contributed by atoms with van der Waals surface area (Å²) in [5, 5.41) is 3.23. The van der Waals surface area contributed by atoms with E-state index < -0.39 is 12.6 Å². The molecule has 1 saturated heterocycles. The van der Waals surface area contributed by atoms with Gasteiger partial charge in [-0.1, -0.05) is 12.1 Å². The van der Waals surface area contributed by atoms with Crippen LogP contribution in [0.5, 0.6) is 5.75 Å². The van der Waals surface area contributed by atoms with E-state index in [0.717, 1.165) is 31.7 Å². The van der Waals surface area contributed by atoms with E-state index in [0.29, 0.717) is 5.75 Å². The topological polar surface area (TPSA) is 24.5 Å². The van der Waals surface area contributed by atoms with Gasteiger partial charge in [0.05, 0.1) is 7.11 Å². The molecular weight excluding hydrogens is 317 g/mol. The zero-order valence-corrected chi connectivity index (χ0v) is 13.3. The minimum atomic E-state index is -4.12. The summed E-state index contributed by atoms with van der Waals surface area (Å²) in [4.78, 5) is 2.12. The number of benzene rings is 1. The summed E-state index contributed by atoms with van der Waals surface area (Å²) < 4.78 is 43.0. The van der Waals surface area contributed by atoms with E-state index in [2.05, 4.69) is 10.2 Å². The minimum absolute atomic E-state index is 0. The molecular formula is C15H22ClF3N2O. The van der Waals surface area contributed by atoms with Gasteiger partial charge in [0.25, 0.3) is 0 Å². The number of nitrogens with one attached hydrogen (secondary N) is 1. The molecule has 0 aromatic heterocycles. The average molecular weight is 339 g/mol. The largest absolute Gasteiger partial charge is 0.497 e. The summed E-state index contributed by atoms with van der Waals surface area (Å²) in [6, 6.07) is 7.14. The molecule has 0 unspecified atom stereocenters. The number of methoxy groups -OCH3 is 1. The van der Waals surface area contributed by atoms with Crippen LogP contribution in [0.3, 0.4) is 0 Å². The molecule has 1 aliphatic rings. The van der Waals surface area contributed by atoms with Crippen LogP contribution < -0.4 is 10.1 Å². The molecule has 0 spiro atoms. The first-order chi connectivity index (χ1) is 9.99. The number of rotatable bonds is 5. The molecule has 1 aromatic carbocycles. The highest BCUT2D eigenvalue weighted by Crippen LogP contribution is 2.32. The molecule has 0 saturated carbocycles. The number of hydrogen-bond acceptors (Lipinski definition) is 3. The molecule has 3 nitrogen and oxygen atoms in total. The maximum Gasteiger partial charge on any atom is 0.389 e. The molecule has 126 valence electrons. The normalized spacial score (nSPS) is 17.6. The lowest BCUT2D eigenvalue weighted by atomic mass is 9.99. The van der Waals surface area contributed by atoms with Crippen LogP contribution in [-0.4, -0.2) is 44.4 Å². The summed E-state index contributed by atoms with van der Waals surface area (Å²) in [6.07, 6.45) is -4.80. The standard InChI is InChI=1S/C15H21F3N2O.ClH/c1-21-13-4-2-3-12(11-13)14(5-6-15(16,17)18)20-9-7-19-8-10-20;/h2-4,11,14,19H,5-10H2,1H3;1H/t14-;/m0./s1. The average Bonchev–Trinajstić information content (AvgIpc) is 2.48. The molecule has 2 rings (SSSR count). The van der Waals surface area contributed by atoms with Crippen molar-refractivity contribution in [2.24, 2.45) is 0 Å². The van der Waals surface area contributed by atoms with E-state index in [9.17, 15) is 13.2 Å². The van der Waals surface area contributed by atoms with Crippen molar-refractivity contribution in [3.63, 3.8) is 0 Å². The van der Waals surface area contributed by atoms with Crippen molar-refractivity contribution in [2.45, 2.75) is 25.1 Å². The van der Waals surface area contributed by atoms with E-state index in [4.69, 9.17) is 4.74 Å². The number of halogens is 4. The van der Waals surface area contributed by atoms with Crippen LogP contribution in [0.1, 0.15) is 24.4 Å². The molecule has 1 aliphatic heterocycles. The van der Waals surface area contributed by atoms with Crippen LogP contribution >= 0.6 is 12.4 Å². The van der Waals surface area contributed by atoms with E-state index in [1.165, 1.54) is 0 Å². The summed E-state index contributed by atoms with van der Waals surface area (Å²) in [7, 11) is 1.56. The second kappa shape index (κ2) is 8.60. The van der Waals surface area contributed by atoms with Gasteiger partial charge in [0.1, 0.15) is 5.75 Å². The van der Waals surface area contributed by atoms with Crippen LogP contribution in [0.4, 0.5) is 13.2 Å². The van der Waals surface area contributed by atoms with Gasteiger partial charge in [0, 0.05) is 38.6 Å². The quantitative estimate of drug-likeness (QED) is 0.890. The lowest BCUT2D eigenvalue weighted by molar-refractivity contribution is -0.138. The molecule has 0 radical (unpaired) electrons. The van der Waals surface area contributed by atoms with Gasteiger partial charge in [-0.3, -0.25) is 4.90 Å². The third-order valence-corrected chi connectivity index (χ3v) is 3.77. The first kappa shape index (κ1) is 19.1. The highest BCUT2D eigenvalue weighted by molar-refractivity contribution is 5.85. The predicted octanol–water partition coefficient (Wildman–Crippen LogP) is 3.41. The van der Waals surface area contributed by atoms with Gasteiger partial charge in [-0.2, -0.15) is 13.2 Å². The third kappa shape index (κ3) is 5.66. The number of ether oxygens (including phenoxy) is 1. The molecule has 1 fully saturated rings. The van der Waals surface area contributed by atoms with Crippen molar-refractivity contribution in [3.05, 3.63) is 29.8 Å². The molecule has 0 bridgehead atoms. The van der Waals surface area contributed by atoms with Crippen LogP contribution in [0.15, 0.2) is 24.3 Å². The summed E-state index contributed by atoms with van der Waals surface area (Å²) in [6.45, 7) is 3.15. The molecule has 22 heavy (non-hydrogen) atoms. The molecule has 7 heteroatoms. The fraction of sp³-hybridized carbons (Fsp3) is 0.600. The number of hydrogen-bond donors (Lipinski definition) is 1. The number of nitrogens with zero attached hydrogens (tertiary/aromatic N) is 1. The Morgan fingerprint density at radius 1 is 1.27 bits per heavy atom. The SMILES string of the molecule is COc1cccc([C@H](CCC(F)(F)F)N2CCNCC2)c1.Cl. The summed E-state index contributed by atoms with van der Waals surface area (Å²) in [5.41, 5.74) is 0.889. The van der Waals surface area contributed by atoms with Crippen molar-refractivity contribution in [1.29, 1.82) is 0 Å². The molecule has 1 atom stereocenters. The second-order valence-corrected chi connectivity index (χ2v) is 5.23. The van der Waals surface area contributed by atoms with Crippen molar-refractivity contribution in [2.75, 3.05) is 33.3 Å². The van der Waals surface area contributed by atoms with Gasteiger partial charge in [-0.15, -0.1) is 12.4 Å². The number of alkyl halides is 3. The lowest BCUT2D eigenvalue weighted by Gasteiger charge is -2.35. The monoisotopic (exact) mass is 338 g/mol. The predicted molar refractivity (Wildman–Crippen MR) is 82.7 cm³/mol. The van der Waals surface area contributed by atoms with Crippen molar-refractivity contribution in [1.82, 2.24) is 10.2 Å². The fourth-order valence-corrected chi connectivity index (χ4v) is 2.70. The molecule has 0 aliphatic carbocycles. The highest BCUT2D eigenvalue weighted by Gasteiger charge is 2.31. The van der Waals surface area contributed by atoms with E-state index >= 15 is 0 Å². The maximum atomic E-state index is 12.6. The zero-order valence-electron chi connectivity index (χ0n) is 12.5. The van der Waals surface area contributed by atoms with E-state index in [1.807, 2.05) is 24.3 Å². The van der Waals surface area contributed by atoms with Crippen molar-refractivity contribution >= 4 is 12.4 Å². The third-order valence-electron chi connectivity index (χ3n) is 3.77. The summed E-state index contributed by atoms with van der Waals surface area (Å²) in [5.74, 6) is 0.680.